The normalized spacial score (nSPS) is 22.7. The van der Waals surface area contributed by atoms with Crippen LogP contribution >= 0.6 is 11.6 Å². The van der Waals surface area contributed by atoms with Crippen LogP contribution in [0.15, 0.2) is 35.2 Å². The molecular weight excluding hydrogens is 388 g/mol. The molecule has 1 fully saturated rings. The van der Waals surface area contributed by atoms with Gasteiger partial charge in [0.05, 0.1) is 17.5 Å². The fourth-order valence-electron chi connectivity index (χ4n) is 2.36. The molecule has 1 atom stereocenters. The first kappa shape index (κ1) is 19.3. The molecule has 1 heterocycles. The molecule has 2 rings (SSSR count). The summed E-state index contributed by atoms with van der Waals surface area (Å²) < 4.78 is 108. The predicted molar refractivity (Wildman–Crippen MR) is 70.8 cm³/mol. The van der Waals surface area contributed by atoms with Crippen LogP contribution in [0.25, 0.3) is 0 Å². The molecule has 0 N–H and O–H groups in total. The fraction of sp³-hybridized carbons (Fsp3) is 0.500. The van der Waals surface area contributed by atoms with Crippen LogP contribution in [0.4, 0.5) is 26.3 Å². The van der Waals surface area contributed by atoms with Gasteiger partial charge in [0, 0.05) is 5.88 Å². The van der Waals surface area contributed by atoms with Crippen molar-refractivity contribution in [1.82, 2.24) is 4.31 Å². The highest BCUT2D eigenvalue weighted by molar-refractivity contribution is 7.89. The van der Waals surface area contributed by atoms with E-state index in [0.717, 1.165) is 12.1 Å². The Morgan fingerprint density at radius 1 is 1.12 bits per heavy atom. The minimum absolute atomic E-state index is 0.720. The van der Waals surface area contributed by atoms with Gasteiger partial charge < -0.3 is 4.74 Å². The van der Waals surface area contributed by atoms with Crippen molar-refractivity contribution in [2.45, 2.75) is 29.0 Å². The van der Waals surface area contributed by atoms with Gasteiger partial charge in [0.1, 0.15) is 0 Å². The number of hydrogen-bond donors (Lipinski definition) is 0. The standard InChI is InChI=1S/C12H10ClF6NO3S/c13-6-8-7-23-10(11(14,15)16,12(17,18)19)20(8)24(21,22)9-4-2-1-3-5-9/h1-5,8H,6-7H2. The van der Waals surface area contributed by atoms with Crippen molar-refractivity contribution in [3.63, 3.8) is 0 Å². The minimum Gasteiger partial charge on any atom is -0.342 e. The molecule has 0 aliphatic carbocycles. The lowest BCUT2D eigenvalue weighted by atomic mass is 10.2. The first-order valence-corrected chi connectivity index (χ1v) is 8.30. The average Bonchev–Trinajstić information content (AvgIpc) is 2.89. The number of hydrogen-bond acceptors (Lipinski definition) is 3. The molecule has 1 aliphatic heterocycles. The Morgan fingerprint density at radius 3 is 2.04 bits per heavy atom. The van der Waals surface area contributed by atoms with Gasteiger partial charge in [-0.1, -0.05) is 18.2 Å². The number of sulfonamides is 1. The maximum Gasteiger partial charge on any atom is 0.441 e. The third-order valence-corrected chi connectivity index (χ3v) is 5.67. The van der Waals surface area contributed by atoms with E-state index in [1.54, 1.807) is 0 Å². The predicted octanol–water partition coefficient (Wildman–Crippen LogP) is 3.14. The van der Waals surface area contributed by atoms with Gasteiger partial charge in [-0.2, -0.15) is 26.3 Å². The van der Waals surface area contributed by atoms with Crippen molar-refractivity contribution < 1.29 is 39.5 Å². The van der Waals surface area contributed by atoms with Gasteiger partial charge in [-0.3, -0.25) is 0 Å². The van der Waals surface area contributed by atoms with E-state index in [1.807, 2.05) is 0 Å². The molecule has 4 nitrogen and oxygen atoms in total. The second-order valence-corrected chi connectivity index (χ2v) is 7.00. The summed E-state index contributed by atoms with van der Waals surface area (Å²) in [5.41, 5.74) is -4.99. The van der Waals surface area contributed by atoms with Crippen LogP contribution in [-0.4, -0.2) is 49.3 Å². The maximum atomic E-state index is 13.3. The topological polar surface area (TPSA) is 46.6 Å². The SMILES string of the molecule is O=S(=O)(c1ccccc1)N1C(CCl)COC1(C(F)(F)F)C(F)(F)F. The molecular formula is C12H10ClF6NO3S. The average molecular weight is 398 g/mol. The fourth-order valence-corrected chi connectivity index (χ4v) is 4.52. The van der Waals surface area contributed by atoms with E-state index in [2.05, 4.69) is 4.74 Å². The van der Waals surface area contributed by atoms with E-state index in [-0.39, 0.29) is 0 Å². The highest BCUT2D eigenvalue weighted by Crippen LogP contribution is 2.53. The molecule has 0 amide bonds. The molecule has 1 aliphatic rings. The van der Waals surface area contributed by atoms with Crippen molar-refractivity contribution in [2.75, 3.05) is 12.5 Å². The van der Waals surface area contributed by atoms with Crippen molar-refractivity contribution in [3.05, 3.63) is 30.3 Å². The van der Waals surface area contributed by atoms with Crippen LogP contribution in [0.5, 0.6) is 0 Å². The van der Waals surface area contributed by atoms with E-state index in [1.165, 1.54) is 18.2 Å². The Labute approximate surface area is 138 Å². The summed E-state index contributed by atoms with van der Waals surface area (Å²) in [7, 11) is -5.19. The van der Waals surface area contributed by atoms with Gasteiger partial charge in [-0.05, 0) is 12.1 Å². The summed E-state index contributed by atoms with van der Waals surface area (Å²) in [4.78, 5) is -0.733. The van der Waals surface area contributed by atoms with Crippen LogP contribution in [0.2, 0.25) is 0 Å². The molecule has 1 aromatic rings. The molecule has 0 radical (unpaired) electrons. The monoisotopic (exact) mass is 397 g/mol. The summed E-state index contributed by atoms with van der Waals surface area (Å²) in [5, 5.41) is 0. The summed E-state index contributed by atoms with van der Waals surface area (Å²) in [6.07, 6.45) is -12.1. The summed E-state index contributed by atoms with van der Waals surface area (Å²) >= 11 is 5.40. The first-order valence-electron chi connectivity index (χ1n) is 6.32. The van der Waals surface area contributed by atoms with Crippen LogP contribution in [0.1, 0.15) is 0 Å². The van der Waals surface area contributed by atoms with Crippen molar-refractivity contribution in [3.8, 4) is 0 Å². The van der Waals surface area contributed by atoms with E-state index in [9.17, 15) is 34.8 Å². The minimum atomic E-state index is -6.06. The summed E-state index contributed by atoms with van der Waals surface area (Å²) in [6, 6.07) is 3.64. The van der Waals surface area contributed by atoms with Gasteiger partial charge in [0.2, 0.25) is 10.0 Å². The van der Waals surface area contributed by atoms with Gasteiger partial charge in [0.15, 0.2) is 0 Å². The smallest absolute Gasteiger partial charge is 0.342 e. The van der Waals surface area contributed by atoms with Crippen LogP contribution < -0.4 is 0 Å². The van der Waals surface area contributed by atoms with Crippen LogP contribution in [0.3, 0.4) is 0 Å². The molecule has 24 heavy (non-hydrogen) atoms. The zero-order chi connectivity index (χ0) is 18.4. The molecule has 1 saturated heterocycles. The third-order valence-electron chi connectivity index (χ3n) is 3.37. The molecule has 0 spiro atoms. The molecule has 0 bridgehead atoms. The Morgan fingerprint density at radius 2 is 1.62 bits per heavy atom. The van der Waals surface area contributed by atoms with Crippen molar-refractivity contribution in [1.29, 1.82) is 0 Å². The molecule has 0 aromatic heterocycles. The number of benzene rings is 1. The van der Waals surface area contributed by atoms with Gasteiger partial charge in [0.25, 0.3) is 0 Å². The number of alkyl halides is 7. The lowest BCUT2D eigenvalue weighted by Gasteiger charge is -2.39. The molecule has 136 valence electrons. The number of ether oxygens (including phenoxy) is 1. The second kappa shape index (κ2) is 6.04. The van der Waals surface area contributed by atoms with Crippen molar-refractivity contribution in [2.24, 2.45) is 0 Å². The Balaban J connectivity index is 2.74. The van der Waals surface area contributed by atoms with Gasteiger partial charge in [-0.15, -0.1) is 15.9 Å². The van der Waals surface area contributed by atoms with Gasteiger partial charge >= 0.3 is 18.1 Å². The molecule has 1 unspecified atom stereocenters. The molecule has 0 saturated carbocycles. The van der Waals surface area contributed by atoms with Crippen LogP contribution in [-0.2, 0) is 14.8 Å². The summed E-state index contributed by atoms with van der Waals surface area (Å²) in [5.74, 6) is -0.806. The largest absolute Gasteiger partial charge is 0.441 e. The zero-order valence-corrected chi connectivity index (χ0v) is 13.2. The highest BCUT2D eigenvalue weighted by Gasteiger charge is 2.81. The Kier molecular flexibility index (Phi) is 4.86. The number of rotatable bonds is 3. The van der Waals surface area contributed by atoms with E-state index in [0.29, 0.717) is 0 Å². The Bertz CT molecular complexity index is 677. The Hall–Kier alpha value is -1.04. The van der Waals surface area contributed by atoms with E-state index >= 15 is 0 Å². The quantitative estimate of drug-likeness (QED) is 0.581. The van der Waals surface area contributed by atoms with E-state index in [4.69, 9.17) is 11.6 Å². The van der Waals surface area contributed by atoms with Crippen LogP contribution in [0, 0.1) is 0 Å². The maximum absolute atomic E-state index is 13.3. The molecule has 12 heteroatoms. The third kappa shape index (κ3) is 2.76. The first-order chi connectivity index (χ1) is 10.9. The lowest BCUT2D eigenvalue weighted by Crippen LogP contribution is -2.68. The number of nitrogens with zero attached hydrogens (tertiary/aromatic N) is 1. The summed E-state index contributed by atoms with van der Waals surface area (Å²) in [6.45, 7) is -1.14. The van der Waals surface area contributed by atoms with Crippen molar-refractivity contribution >= 4 is 21.6 Å². The van der Waals surface area contributed by atoms with E-state index < -0.39 is 55.8 Å². The van der Waals surface area contributed by atoms with Gasteiger partial charge in [-0.25, -0.2) is 8.42 Å². The highest BCUT2D eigenvalue weighted by atomic mass is 35.5. The molecule has 1 aromatic carbocycles. The lowest BCUT2D eigenvalue weighted by molar-refractivity contribution is -0.395. The number of halogens is 7. The zero-order valence-electron chi connectivity index (χ0n) is 11.6. The second-order valence-electron chi connectivity index (χ2n) is 4.87.